The van der Waals surface area contributed by atoms with Crippen molar-refractivity contribution < 1.29 is 9.63 Å². The van der Waals surface area contributed by atoms with Gasteiger partial charge in [0.1, 0.15) is 0 Å². The predicted octanol–water partition coefficient (Wildman–Crippen LogP) is 4.76. The van der Waals surface area contributed by atoms with Gasteiger partial charge in [-0.1, -0.05) is 29.4 Å². The average molecular weight is 328 g/mol. The van der Waals surface area contributed by atoms with Crippen molar-refractivity contribution in [1.29, 1.82) is 0 Å². The highest BCUT2D eigenvalue weighted by Crippen LogP contribution is 2.25. The fourth-order valence-electron chi connectivity index (χ4n) is 2.63. The van der Waals surface area contributed by atoms with Crippen molar-refractivity contribution in [2.75, 3.05) is 13.1 Å². The molecule has 4 nitrogen and oxygen atoms in total. The van der Waals surface area contributed by atoms with Gasteiger partial charge in [-0.25, -0.2) is 4.79 Å². The molecule has 23 heavy (non-hydrogen) atoms. The Morgan fingerprint density at radius 2 is 2.00 bits per heavy atom. The number of nitrogens with zero attached hydrogens (tertiary/aromatic N) is 2. The Hall–Kier alpha value is -2.14. The topological polar surface area (TPSA) is 41.9 Å². The first kappa shape index (κ1) is 15.7. The van der Waals surface area contributed by atoms with Gasteiger partial charge in [-0.2, -0.15) is 0 Å². The molecule has 0 saturated carbocycles. The first-order valence-electron chi connectivity index (χ1n) is 7.89. The van der Waals surface area contributed by atoms with Gasteiger partial charge in [0, 0.05) is 18.0 Å². The van der Waals surface area contributed by atoms with Crippen molar-refractivity contribution in [2.45, 2.75) is 26.2 Å². The largest absolute Gasteiger partial charge is 0.435 e. The van der Waals surface area contributed by atoms with E-state index >= 15 is 0 Å². The average Bonchev–Trinajstić information content (AvgIpc) is 3.15. The molecule has 0 radical (unpaired) electrons. The quantitative estimate of drug-likeness (QED) is 0.463. The molecule has 1 saturated heterocycles. The zero-order valence-corrected chi connectivity index (χ0v) is 14.0. The van der Waals surface area contributed by atoms with Crippen LogP contribution in [0.15, 0.2) is 46.9 Å². The van der Waals surface area contributed by atoms with E-state index in [2.05, 4.69) is 28.7 Å². The summed E-state index contributed by atoms with van der Waals surface area (Å²) in [6, 6.07) is 12.2. The zero-order chi connectivity index (χ0) is 16.1. The van der Waals surface area contributed by atoms with Crippen molar-refractivity contribution in [1.82, 2.24) is 4.90 Å². The smallest absolute Gasteiger partial charge is 0.306 e. The maximum absolute atomic E-state index is 12.0. The molecule has 1 aromatic heterocycles. The third-order valence-electron chi connectivity index (χ3n) is 3.96. The number of likely N-dealkylation sites (tertiary alicyclic amines) is 1. The van der Waals surface area contributed by atoms with E-state index in [9.17, 15) is 4.79 Å². The van der Waals surface area contributed by atoms with E-state index in [1.807, 2.05) is 25.1 Å². The number of hydrogen-bond acceptors (Lipinski definition) is 4. The third-order valence-corrected chi connectivity index (χ3v) is 4.88. The molecular weight excluding hydrogens is 308 g/mol. The maximum Gasteiger partial charge on any atom is 0.435 e. The van der Waals surface area contributed by atoms with E-state index in [0.29, 0.717) is 5.71 Å². The van der Waals surface area contributed by atoms with Crippen LogP contribution in [-0.4, -0.2) is 29.8 Å². The molecular formula is C18H20N2O2S. The van der Waals surface area contributed by atoms with E-state index < -0.39 is 0 Å². The fraction of sp³-hybridized carbons (Fsp3) is 0.333. The molecule has 5 heteroatoms. The second-order valence-electron chi connectivity index (χ2n) is 5.64. The van der Waals surface area contributed by atoms with Gasteiger partial charge in [-0.05, 0) is 54.8 Å². The molecule has 0 atom stereocenters. The zero-order valence-electron chi connectivity index (χ0n) is 13.2. The van der Waals surface area contributed by atoms with E-state index in [-0.39, 0.29) is 6.09 Å². The lowest BCUT2D eigenvalue weighted by molar-refractivity contribution is 0.0982. The number of carbonyl (C=O) groups excluding carboxylic acids is 1. The third kappa shape index (κ3) is 3.99. The summed E-state index contributed by atoms with van der Waals surface area (Å²) in [6.45, 7) is 3.39. The van der Waals surface area contributed by atoms with Crippen LogP contribution in [-0.2, 0) is 4.84 Å². The Bertz CT molecular complexity index is 689. The number of piperidine rings is 1. The van der Waals surface area contributed by atoms with Gasteiger partial charge in [0.05, 0.1) is 5.71 Å². The lowest BCUT2D eigenvalue weighted by Crippen LogP contribution is -2.35. The molecule has 0 unspecified atom stereocenters. The maximum atomic E-state index is 12.0. The summed E-state index contributed by atoms with van der Waals surface area (Å²) in [7, 11) is 0. The van der Waals surface area contributed by atoms with Crippen LogP contribution >= 0.6 is 11.3 Å². The van der Waals surface area contributed by atoms with Crippen LogP contribution in [0.25, 0.3) is 10.4 Å². The highest BCUT2D eigenvalue weighted by atomic mass is 32.1. The van der Waals surface area contributed by atoms with Crippen LogP contribution in [0.3, 0.4) is 0 Å². The normalized spacial score (nSPS) is 15.5. The summed E-state index contributed by atoms with van der Waals surface area (Å²) in [4.78, 5) is 20.0. The van der Waals surface area contributed by atoms with Crippen LogP contribution < -0.4 is 0 Å². The van der Waals surface area contributed by atoms with E-state index in [4.69, 9.17) is 4.84 Å². The van der Waals surface area contributed by atoms with Gasteiger partial charge < -0.3 is 4.90 Å². The summed E-state index contributed by atoms with van der Waals surface area (Å²) in [6.07, 6.45) is 2.92. The van der Waals surface area contributed by atoms with Crippen LogP contribution in [0, 0.1) is 0 Å². The van der Waals surface area contributed by atoms with Crippen molar-refractivity contribution in [3.05, 3.63) is 47.3 Å². The van der Waals surface area contributed by atoms with E-state index in [1.165, 1.54) is 11.3 Å². The van der Waals surface area contributed by atoms with Crippen molar-refractivity contribution >= 4 is 23.1 Å². The summed E-state index contributed by atoms with van der Waals surface area (Å²) in [5.41, 5.74) is 2.81. The van der Waals surface area contributed by atoms with Crippen LogP contribution in [0.2, 0.25) is 0 Å². The van der Waals surface area contributed by atoms with Crippen LogP contribution in [0.4, 0.5) is 4.79 Å². The van der Waals surface area contributed by atoms with Gasteiger partial charge in [0.2, 0.25) is 0 Å². The molecule has 0 N–H and O–H groups in total. The van der Waals surface area contributed by atoms with Crippen molar-refractivity contribution in [2.24, 2.45) is 5.16 Å². The number of thiophene rings is 1. The Morgan fingerprint density at radius 3 is 2.74 bits per heavy atom. The molecule has 0 spiro atoms. The first-order valence-corrected chi connectivity index (χ1v) is 8.77. The highest BCUT2D eigenvalue weighted by molar-refractivity contribution is 7.13. The molecule has 1 aliphatic heterocycles. The monoisotopic (exact) mass is 328 g/mol. The molecule has 1 amide bonds. The number of rotatable bonds is 3. The molecule has 2 heterocycles. The molecule has 1 aliphatic rings. The number of benzene rings is 1. The van der Waals surface area contributed by atoms with Crippen molar-refractivity contribution in [3.63, 3.8) is 0 Å². The minimum absolute atomic E-state index is 0.349. The van der Waals surface area contributed by atoms with Gasteiger partial charge in [0.25, 0.3) is 0 Å². The molecule has 1 aromatic carbocycles. The number of oxime groups is 1. The molecule has 1 fully saturated rings. The van der Waals surface area contributed by atoms with E-state index in [1.54, 1.807) is 16.2 Å². The number of carbonyl (C=O) groups is 1. The first-order chi connectivity index (χ1) is 11.2. The SMILES string of the molecule is C/C(=N/OC(=O)N1CCCCC1)c1cccc(-c2cccs2)c1. The molecule has 2 aromatic rings. The van der Waals surface area contributed by atoms with Crippen molar-refractivity contribution in [3.8, 4) is 10.4 Å². The van der Waals surface area contributed by atoms with Crippen LogP contribution in [0.5, 0.6) is 0 Å². The van der Waals surface area contributed by atoms with Gasteiger partial charge in [0.15, 0.2) is 0 Å². The molecule has 3 rings (SSSR count). The Balaban J connectivity index is 1.68. The standard InChI is InChI=1S/C18H20N2O2S/c1-14(19-22-18(21)20-10-3-2-4-11-20)15-7-5-8-16(13-15)17-9-6-12-23-17/h5-9,12-13H,2-4,10-11H2,1H3/b19-14-. The summed E-state index contributed by atoms with van der Waals surface area (Å²) < 4.78 is 0. The second kappa shape index (κ2) is 7.42. The summed E-state index contributed by atoms with van der Waals surface area (Å²) in [5.74, 6) is 0. The molecule has 0 aliphatic carbocycles. The summed E-state index contributed by atoms with van der Waals surface area (Å²) >= 11 is 1.70. The number of amides is 1. The van der Waals surface area contributed by atoms with Gasteiger partial charge >= 0.3 is 6.09 Å². The molecule has 120 valence electrons. The summed E-state index contributed by atoms with van der Waals surface area (Å²) in [5, 5.41) is 6.08. The minimum atomic E-state index is -0.349. The number of hydrogen-bond donors (Lipinski definition) is 0. The second-order valence-corrected chi connectivity index (χ2v) is 6.59. The van der Waals surface area contributed by atoms with E-state index in [0.717, 1.165) is 37.1 Å². The highest BCUT2D eigenvalue weighted by Gasteiger charge is 2.18. The van der Waals surface area contributed by atoms with Crippen LogP contribution in [0.1, 0.15) is 31.7 Å². The Kier molecular flexibility index (Phi) is 5.08. The Labute approximate surface area is 140 Å². The predicted molar refractivity (Wildman–Crippen MR) is 93.9 cm³/mol. The Morgan fingerprint density at radius 1 is 1.17 bits per heavy atom. The fourth-order valence-corrected chi connectivity index (χ4v) is 3.36. The minimum Gasteiger partial charge on any atom is -0.306 e. The lowest BCUT2D eigenvalue weighted by atomic mass is 10.1. The lowest BCUT2D eigenvalue weighted by Gasteiger charge is -2.24. The van der Waals surface area contributed by atoms with Gasteiger partial charge in [-0.3, -0.25) is 4.84 Å². The molecule has 0 bridgehead atoms. The van der Waals surface area contributed by atoms with Gasteiger partial charge in [-0.15, -0.1) is 11.3 Å².